The third-order valence-corrected chi connectivity index (χ3v) is 3.66. The van der Waals surface area contributed by atoms with E-state index in [1.54, 1.807) is 18.2 Å². The van der Waals surface area contributed by atoms with Gasteiger partial charge >= 0.3 is 6.61 Å². The molecule has 0 aliphatic heterocycles. The second-order valence-electron chi connectivity index (χ2n) is 4.56. The van der Waals surface area contributed by atoms with E-state index in [0.29, 0.717) is 5.76 Å². The number of halogens is 2. The molecule has 0 saturated carbocycles. The van der Waals surface area contributed by atoms with Crippen LogP contribution in [0.2, 0.25) is 0 Å². The molecule has 3 rings (SSSR count). The standard InChI is InChI=1S/C15H11F2N3O4S/c16-14(17)23-10-5-2-1-4-9(10)18-12(21)8-25-15-20-19-13(24-15)11-6-3-7-22-11/h1-7,14H,8H2,(H,18,21). The second-order valence-corrected chi connectivity index (χ2v) is 5.49. The van der Waals surface area contributed by atoms with Crippen LogP contribution in [0.5, 0.6) is 5.75 Å². The number of para-hydroxylation sites is 2. The zero-order valence-corrected chi connectivity index (χ0v) is 13.3. The van der Waals surface area contributed by atoms with Crippen LogP contribution in [0.3, 0.4) is 0 Å². The molecular formula is C15H11F2N3O4S. The van der Waals surface area contributed by atoms with Gasteiger partial charge in [-0.15, -0.1) is 10.2 Å². The zero-order valence-electron chi connectivity index (χ0n) is 12.5. The average Bonchev–Trinajstić information content (AvgIpc) is 3.25. The van der Waals surface area contributed by atoms with E-state index in [-0.39, 0.29) is 28.3 Å². The molecule has 0 radical (unpaired) electrons. The number of thioether (sulfide) groups is 1. The Labute approximate surface area is 144 Å². The first-order valence-electron chi connectivity index (χ1n) is 6.95. The van der Waals surface area contributed by atoms with E-state index in [0.717, 1.165) is 11.8 Å². The minimum atomic E-state index is -2.98. The Hall–Kier alpha value is -2.88. The Balaban J connectivity index is 1.57. The van der Waals surface area contributed by atoms with Crippen molar-refractivity contribution in [2.24, 2.45) is 0 Å². The van der Waals surface area contributed by atoms with Crippen molar-refractivity contribution in [3.8, 4) is 17.4 Å². The molecule has 0 saturated heterocycles. The van der Waals surface area contributed by atoms with Crippen molar-refractivity contribution in [3.05, 3.63) is 42.7 Å². The lowest BCUT2D eigenvalue weighted by atomic mass is 10.3. The molecule has 7 nitrogen and oxygen atoms in total. The Morgan fingerprint density at radius 1 is 1.24 bits per heavy atom. The van der Waals surface area contributed by atoms with Crippen molar-refractivity contribution in [2.75, 3.05) is 11.1 Å². The second kappa shape index (κ2) is 7.79. The first-order chi connectivity index (χ1) is 12.1. The summed E-state index contributed by atoms with van der Waals surface area (Å²) in [5.74, 6) is 0.00951. The summed E-state index contributed by atoms with van der Waals surface area (Å²) in [6, 6.07) is 9.25. The number of hydrogen-bond donors (Lipinski definition) is 1. The molecule has 1 amide bonds. The summed E-state index contributed by atoms with van der Waals surface area (Å²) in [5.41, 5.74) is 0.148. The molecule has 0 atom stereocenters. The Morgan fingerprint density at radius 3 is 2.84 bits per heavy atom. The first kappa shape index (κ1) is 17.0. The minimum absolute atomic E-state index is 0.0528. The number of ether oxygens (including phenoxy) is 1. The third kappa shape index (κ3) is 4.57. The molecular weight excluding hydrogens is 356 g/mol. The lowest BCUT2D eigenvalue weighted by molar-refractivity contribution is -0.113. The third-order valence-electron chi connectivity index (χ3n) is 2.84. The number of anilines is 1. The monoisotopic (exact) mass is 367 g/mol. The summed E-state index contributed by atoms with van der Waals surface area (Å²) in [4.78, 5) is 12.0. The van der Waals surface area contributed by atoms with E-state index in [9.17, 15) is 13.6 Å². The Kier molecular flexibility index (Phi) is 5.29. The van der Waals surface area contributed by atoms with Gasteiger partial charge in [0, 0.05) is 0 Å². The summed E-state index contributed by atoms with van der Waals surface area (Å²) in [6.07, 6.45) is 1.47. The van der Waals surface area contributed by atoms with Crippen LogP contribution in [0, 0.1) is 0 Å². The number of nitrogens with zero attached hydrogens (tertiary/aromatic N) is 2. The Morgan fingerprint density at radius 2 is 2.08 bits per heavy atom. The zero-order chi connectivity index (χ0) is 17.6. The highest BCUT2D eigenvalue weighted by Gasteiger charge is 2.15. The van der Waals surface area contributed by atoms with Gasteiger partial charge in [-0.1, -0.05) is 23.9 Å². The molecule has 2 heterocycles. The smallest absolute Gasteiger partial charge is 0.387 e. The molecule has 1 N–H and O–H groups in total. The molecule has 0 fully saturated rings. The van der Waals surface area contributed by atoms with E-state index in [2.05, 4.69) is 20.3 Å². The van der Waals surface area contributed by atoms with Crippen LogP contribution in [-0.4, -0.2) is 28.5 Å². The normalized spacial score (nSPS) is 10.8. The van der Waals surface area contributed by atoms with E-state index < -0.39 is 12.5 Å². The topological polar surface area (TPSA) is 90.4 Å². The fourth-order valence-corrected chi connectivity index (χ4v) is 2.41. The molecule has 0 bridgehead atoms. The Bertz CT molecular complexity index is 839. The summed E-state index contributed by atoms with van der Waals surface area (Å²) in [7, 11) is 0. The predicted molar refractivity (Wildman–Crippen MR) is 84.4 cm³/mol. The molecule has 0 spiro atoms. The van der Waals surface area contributed by atoms with Gasteiger partial charge in [0.1, 0.15) is 5.75 Å². The van der Waals surface area contributed by atoms with Crippen molar-refractivity contribution < 1.29 is 27.1 Å². The first-order valence-corrected chi connectivity index (χ1v) is 7.94. The maximum atomic E-state index is 12.4. The van der Waals surface area contributed by atoms with E-state index in [1.807, 2.05) is 0 Å². The summed E-state index contributed by atoms with van der Waals surface area (Å²) in [5, 5.41) is 10.3. The van der Waals surface area contributed by atoms with E-state index >= 15 is 0 Å². The van der Waals surface area contributed by atoms with Crippen molar-refractivity contribution in [3.63, 3.8) is 0 Å². The molecule has 1 aromatic carbocycles. The summed E-state index contributed by atoms with van der Waals surface area (Å²) >= 11 is 1.00. The molecule has 3 aromatic rings. The lowest BCUT2D eigenvalue weighted by Crippen LogP contribution is -2.15. The van der Waals surface area contributed by atoms with Crippen LogP contribution in [0.4, 0.5) is 14.5 Å². The van der Waals surface area contributed by atoms with Gasteiger partial charge in [-0.2, -0.15) is 8.78 Å². The van der Waals surface area contributed by atoms with Gasteiger partial charge in [0.15, 0.2) is 5.76 Å². The number of carbonyl (C=O) groups excluding carboxylic acids is 1. The molecule has 0 aliphatic carbocycles. The number of rotatable bonds is 7. The van der Waals surface area contributed by atoms with Gasteiger partial charge in [0.05, 0.1) is 17.7 Å². The summed E-state index contributed by atoms with van der Waals surface area (Å²) < 4.78 is 39.5. The van der Waals surface area contributed by atoms with Crippen molar-refractivity contribution in [1.82, 2.24) is 10.2 Å². The number of hydrogen-bond acceptors (Lipinski definition) is 7. The SMILES string of the molecule is O=C(CSc1nnc(-c2ccco2)o1)Nc1ccccc1OC(F)F. The molecule has 25 heavy (non-hydrogen) atoms. The number of alkyl halides is 2. The van der Waals surface area contributed by atoms with Crippen LogP contribution in [0.25, 0.3) is 11.7 Å². The number of nitrogens with one attached hydrogen (secondary N) is 1. The van der Waals surface area contributed by atoms with Gasteiger partial charge in [-0.25, -0.2) is 0 Å². The van der Waals surface area contributed by atoms with Crippen molar-refractivity contribution >= 4 is 23.4 Å². The highest BCUT2D eigenvalue weighted by atomic mass is 32.2. The van der Waals surface area contributed by atoms with Gasteiger partial charge in [0.2, 0.25) is 5.91 Å². The maximum absolute atomic E-state index is 12.4. The van der Waals surface area contributed by atoms with Crippen LogP contribution in [-0.2, 0) is 4.79 Å². The van der Waals surface area contributed by atoms with Gasteiger partial charge in [-0.05, 0) is 24.3 Å². The van der Waals surface area contributed by atoms with Gasteiger partial charge in [0.25, 0.3) is 11.1 Å². The highest BCUT2D eigenvalue weighted by molar-refractivity contribution is 7.99. The number of amides is 1. The molecule has 2 aromatic heterocycles. The number of carbonyl (C=O) groups is 1. The van der Waals surface area contributed by atoms with Gasteiger partial charge < -0.3 is 18.9 Å². The van der Waals surface area contributed by atoms with Crippen molar-refractivity contribution in [1.29, 1.82) is 0 Å². The van der Waals surface area contributed by atoms with E-state index in [4.69, 9.17) is 8.83 Å². The number of benzene rings is 1. The van der Waals surface area contributed by atoms with Crippen LogP contribution in [0.1, 0.15) is 0 Å². The van der Waals surface area contributed by atoms with E-state index in [1.165, 1.54) is 24.5 Å². The fraction of sp³-hybridized carbons (Fsp3) is 0.133. The molecule has 0 aliphatic rings. The largest absolute Gasteiger partial charge is 0.459 e. The number of aromatic nitrogens is 2. The van der Waals surface area contributed by atoms with Crippen LogP contribution >= 0.6 is 11.8 Å². The van der Waals surface area contributed by atoms with Gasteiger partial charge in [-0.3, -0.25) is 4.79 Å². The maximum Gasteiger partial charge on any atom is 0.387 e. The highest BCUT2D eigenvalue weighted by Crippen LogP contribution is 2.27. The lowest BCUT2D eigenvalue weighted by Gasteiger charge is -2.11. The molecule has 130 valence electrons. The average molecular weight is 367 g/mol. The number of furan rings is 1. The fourth-order valence-electron chi connectivity index (χ4n) is 1.85. The van der Waals surface area contributed by atoms with Crippen LogP contribution in [0.15, 0.2) is 56.7 Å². The van der Waals surface area contributed by atoms with Crippen LogP contribution < -0.4 is 10.1 Å². The molecule has 0 unspecified atom stereocenters. The predicted octanol–water partition coefficient (Wildman–Crippen LogP) is 3.66. The summed E-state index contributed by atoms with van der Waals surface area (Å²) in [6.45, 7) is -2.98. The minimum Gasteiger partial charge on any atom is -0.459 e. The van der Waals surface area contributed by atoms with Crippen molar-refractivity contribution in [2.45, 2.75) is 11.8 Å². The quantitative estimate of drug-likeness (QED) is 0.637. The molecule has 10 heteroatoms.